The highest BCUT2D eigenvalue weighted by Gasteiger charge is 2.20. The Balaban J connectivity index is 1.58. The lowest BCUT2D eigenvalue weighted by molar-refractivity contribution is -0.384. The third kappa shape index (κ3) is 3.34. The van der Waals surface area contributed by atoms with Crippen LogP contribution >= 0.6 is 0 Å². The van der Waals surface area contributed by atoms with Crippen molar-refractivity contribution in [3.05, 3.63) is 106 Å². The van der Waals surface area contributed by atoms with Gasteiger partial charge < -0.3 is 9.13 Å². The van der Waals surface area contributed by atoms with Crippen molar-refractivity contribution in [2.45, 2.75) is 13.1 Å². The van der Waals surface area contributed by atoms with Gasteiger partial charge in [0.1, 0.15) is 0 Å². The molecule has 0 N–H and O–H groups in total. The molecule has 10 heteroatoms. The van der Waals surface area contributed by atoms with Gasteiger partial charge in [0, 0.05) is 82.3 Å². The first-order valence-electron chi connectivity index (χ1n) is 11.8. The zero-order valence-corrected chi connectivity index (χ0v) is 20.1. The smallest absolute Gasteiger partial charge is 0.270 e. The molecule has 0 unspecified atom stereocenters. The van der Waals surface area contributed by atoms with E-state index < -0.39 is 9.85 Å². The van der Waals surface area contributed by atoms with E-state index in [1.807, 2.05) is 12.1 Å². The monoisotopic (exact) mass is 504 g/mol. The van der Waals surface area contributed by atoms with Crippen LogP contribution in [0.4, 0.5) is 11.4 Å². The number of benzene rings is 2. The highest BCUT2D eigenvalue weighted by atomic mass is 16.6. The van der Waals surface area contributed by atoms with Gasteiger partial charge in [-0.1, -0.05) is 13.2 Å². The molecule has 4 aromatic heterocycles. The van der Waals surface area contributed by atoms with Crippen LogP contribution in [0.1, 0.15) is 11.4 Å². The number of rotatable bonds is 7. The molecule has 0 atom stereocenters. The van der Waals surface area contributed by atoms with E-state index in [4.69, 9.17) is 0 Å². The van der Waals surface area contributed by atoms with Crippen molar-refractivity contribution in [2.24, 2.45) is 0 Å². The van der Waals surface area contributed by atoms with Crippen LogP contribution in [0.2, 0.25) is 0 Å². The molecule has 2 aromatic carbocycles. The molecule has 0 saturated heterocycles. The minimum Gasteiger partial charge on any atom is -0.337 e. The van der Waals surface area contributed by atoms with Gasteiger partial charge in [-0.25, -0.2) is 0 Å². The zero-order chi connectivity index (χ0) is 26.6. The van der Waals surface area contributed by atoms with Crippen LogP contribution in [0, 0.1) is 20.2 Å². The number of nitrogens with zero attached hydrogens (tertiary/aromatic N) is 6. The van der Waals surface area contributed by atoms with Gasteiger partial charge in [0.05, 0.1) is 32.3 Å². The summed E-state index contributed by atoms with van der Waals surface area (Å²) in [5, 5.41) is 26.2. The maximum absolute atomic E-state index is 11.5. The van der Waals surface area contributed by atoms with Crippen LogP contribution in [0.3, 0.4) is 0 Å². The number of fused-ring (bicyclic) bond motifs is 6. The van der Waals surface area contributed by atoms with Crippen LogP contribution in [0.25, 0.3) is 55.8 Å². The van der Waals surface area contributed by atoms with E-state index in [-0.39, 0.29) is 11.4 Å². The Bertz CT molecular complexity index is 1840. The minimum absolute atomic E-state index is 0.0132. The summed E-state index contributed by atoms with van der Waals surface area (Å²) in [6.45, 7) is 8.81. The van der Waals surface area contributed by atoms with Gasteiger partial charge in [-0.3, -0.25) is 30.2 Å². The molecule has 186 valence electrons. The number of hydrogen-bond acceptors (Lipinski definition) is 6. The molecule has 6 aromatic rings. The lowest BCUT2D eigenvalue weighted by atomic mass is 10.1. The maximum atomic E-state index is 11.5. The molecule has 38 heavy (non-hydrogen) atoms. The summed E-state index contributed by atoms with van der Waals surface area (Å²) in [5.41, 5.74) is 4.70. The van der Waals surface area contributed by atoms with E-state index in [0.29, 0.717) is 24.5 Å². The van der Waals surface area contributed by atoms with Gasteiger partial charge in [-0.2, -0.15) is 0 Å². The van der Waals surface area contributed by atoms with Gasteiger partial charge in [0.2, 0.25) is 0 Å². The van der Waals surface area contributed by atoms with Crippen molar-refractivity contribution in [1.82, 2.24) is 19.1 Å². The Morgan fingerprint density at radius 1 is 0.684 bits per heavy atom. The third-order valence-electron chi connectivity index (χ3n) is 6.92. The van der Waals surface area contributed by atoms with Crippen LogP contribution in [0.5, 0.6) is 0 Å². The lowest BCUT2D eigenvalue weighted by Gasteiger charge is -2.13. The molecular weight excluding hydrogens is 484 g/mol. The van der Waals surface area contributed by atoms with Crippen LogP contribution in [-0.2, 0) is 13.1 Å². The molecule has 0 spiro atoms. The number of aryl methyl sites for hydroxylation is 2. The number of aromatic nitrogens is 4. The summed E-state index contributed by atoms with van der Waals surface area (Å²) in [6, 6.07) is 13.4. The average molecular weight is 505 g/mol. The first-order valence-corrected chi connectivity index (χ1v) is 11.8. The second-order valence-electron chi connectivity index (χ2n) is 8.81. The summed E-state index contributed by atoms with van der Waals surface area (Å²) in [7, 11) is 0. The van der Waals surface area contributed by atoms with Gasteiger partial charge in [0.25, 0.3) is 11.4 Å². The average Bonchev–Trinajstić information content (AvgIpc) is 3.43. The van der Waals surface area contributed by atoms with Gasteiger partial charge >= 0.3 is 0 Å². The largest absolute Gasteiger partial charge is 0.337 e. The topological polar surface area (TPSA) is 122 Å². The van der Waals surface area contributed by atoms with Crippen molar-refractivity contribution in [1.29, 1.82) is 0 Å². The van der Waals surface area contributed by atoms with Crippen molar-refractivity contribution in [3.8, 4) is 0 Å². The summed E-state index contributed by atoms with van der Waals surface area (Å²) in [5.74, 6) is 0. The Morgan fingerprint density at radius 2 is 1.11 bits per heavy atom. The molecule has 0 aliphatic rings. The summed E-state index contributed by atoms with van der Waals surface area (Å²) >= 11 is 0. The number of pyridine rings is 2. The maximum Gasteiger partial charge on any atom is 0.270 e. The third-order valence-corrected chi connectivity index (χ3v) is 6.92. The van der Waals surface area contributed by atoms with E-state index in [1.54, 1.807) is 48.8 Å². The Labute approximate surface area is 215 Å². The van der Waals surface area contributed by atoms with E-state index in [2.05, 4.69) is 32.3 Å². The Hall–Kier alpha value is -5.38. The molecule has 0 aliphatic heterocycles. The van der Waals surface area contributed by atoms with Crippen LogP contribution in [0.15, 0.2) is 74.1 Å². The molecule has 0 saturated carbocycles. The molecule has 4 heterocycles. The number of non-ortho nitro benzene ring substituents is 2. The second-order valence-corrected chi connectivity index (χ2v) is 8.81. The predicted molar refractivity (Wildman–Crippen MR) is 148 cm³/mol. The molecule has 0 fully saturated rings. The fourth-order valence-corrected chi connectivity index (χ4v) is 5.32. The van der Waals surface area contributed by atoms with Crippen LogP contribution < -0.4 is 0 Å². The Morgan fingerprint density at radius 3 is 1.47 bits per heavy atom. The molecule has 0 bridgehead atoms. The van der Waals surface area contributed by atoms with Gasteiger partial charge in [0.15, 0.2) is 0 Å². The van der Waals surface area contributed by atoms with Gasteiger partial charge in [-0.15, -0.1) is 0 Å². The standard InChI is InChI=1S/C28H20N6O4/c1-3-23-27-19(9-11-29-23)21-15-17(33(35)36)5-7-25(21)31(27)13-14-32-26-8-6-18(34(37)38)16-22(26)20-10-12-30-24(4-2)28(20)32/h3-12,15-16H,1-2,13-14H2. The van der Waals surface area contributed by atoms with E-state index in [0.717, 1.165) is 43.6 Å². The summed E-state index contributed by atoms with van der Waals surface area (Å²) in [4.78, 5) is 31.1. The van der Waals surface area contributed by atoms with E-state index in [1.165, 1.54) is 12.1 Å². The fraction of sp³-hybridized carbons (Fsp3) is 0.0714. The first kappa shape index (κ1) is 23.0. The molecule has 6 rings (SSSR count). The minimum atomic E-state index is -0.403. The summed E-state index contributed by atoms with van der Waals surface area (Å²) < 4.78 is 4.18. The van der Waals surface area contributed by atoms with Crippen molar-refractivity contribution >= 4 is 67.1 Å². The SMILES string of the molecule is C=Cc1nccc2c3cc([N+](=O)[O-])ccc3n(CCn3c4ccc([N+](=O)[O-])cc4c4ccnc(C=C)c43)c12. The molecule has 0 amide bonds. The van der Waals surface area contributed by atoms with Gasteiger partial charge in [-0.05, 0) is 36.4 Å². The fourth-order valence-electron chi connectivity index (χ4n) is 5.32. The number of hydrogen-bond donors (Lipinski definition) is 0. The normalized spacial score (nSPS) is 11.5. The quantitative estimate of drug-likeness (QED) is 0.181. The molecule has 0 aliphatic carbocycles. The predicted octanol–water partition coefficient (Wildman–Crippen LogP) is 6.50. The van der Waals surface area contributed by atoms with Crippen LogP contribution in [-0.4, -0.2) is 28.9 Å². The highest BCUT2D eigenvalue weighted by molar-refractivity contribution is 6.11. The second kappa shape index (κ2) is 8.63. The number of nitro groups is 2. The van der Waals surface area contributed by atoms with Crippen molar-refractivity contribution in [3.63, 3.8) is 0 Å². The van der Waals surface area contributed by atoms with Crippen molar-refractivity contribution in [2.75, 3.05) is 0 Å². The first-order chi connectivity index (χ1) is 18.4. The van der Waals surface area contributed by atoms with E-state index in [9.17, 15) is 20.2 Å². The zero-order valence-electron chi connectivity index (χ0n) is 20.1. The molecular formula is C28H20N6O4. The molecule has 10 nitrogen and oxygen atoms in total. The molecule has 0 radical (unpaired) electrons. The highest BCUT2D eigenvalue weighted by Crippen LogP contribution is 2.36. The number of nitro benzene ring substituents is 2. The Kier molecular flexibility index (Phi) is 5.23. The van der Waals surface area contributed by atoms with Crippen molar-refractivity contribution < 1.29 is 9.85 Å². The summed E-state index contributed by atoms with van der Waals surface area (Å²) in [6.07, 6.45) is 6.69. The van der Waals surface area contributed by atoms with E-state index >= 15 is 0 Å². The lowest BCUT2D eigenvalue weighted by Crippen LogP contribution is -2.08.